The number of hydrogen-bond donors (Lipinski definition) is 0. The number of benzene rings is 1. The van der Waals surface area contributed by atoms with Crippen molar-refractivity contribution in [3.63, 3.8) is 0 Å². The average Bonchev–Trinajstić information content (AvgIpc) is 2.06. The van der Waals surface area contributed by atoms with Crippen molar-refractivity contribution in [1.29, 1.82) is 0 Å². The number of carbonyl (C=O) groups excluding carboxylic acids is 2. The first-order valence-electron chi connectivity index (χ1n) is 4.05. The summed E-state index contributed by atoms with van der Waals surface area (Å²) in [7, 11) is 0. The molecule has 0 N–H and O–H groups in total. The molecular formula is C10H8AgO4-2. The molecule has 0 saturated carbocycles. The Labute approximate surface area is 102 Å². The summed E-state index contributed by atoms with van der Waals surface area (Å²) in [5.41, 5.74) is 1.18. The maximum atomic E-state index is 10.2. The van der Waals surface area contributed by atoms with Gasteiger partial charge in [-0.1, -0.05) is 24.3 Å². The van der Waals surface area contributed by atoms with Crippen molar-refractivity contribution in [2.45, 2.75) is 12.8 Å². The third-order valence-electron chi connectivity index (χ3n) is 1.72. The molecular weight excluding hydrogens is 292 g/mol. The molecule has 0 saturated heterocycles. The van der Waals surface area contributed by atoms with Crippen molar-refractivity contribution < 1.29 is 42.2 Å². The van der Waals surface area contributed by atoms with Gasteiger partial charge in [-0.05, 0) is 11.1 Å². The van der Waals surface area contributed by atoms with E-state index < -0.39 is 11.9 Å². The van der Waals surface area contributed by atoms with Gasteiger partial charge in [-0.15, -0.1) is 0 Å². The van der Waals surface area contributed by atoms with Crippen LogP contribution in [-0.2, 0) is 44.8 Å². The van der Waals surface area contributed by atoms with E-state index in [4.69, 9.17) is 0 Å². The normalized spacial score (nSPS) is 9.07. The van der Waals surface area contributed by atoms with Gasteiger partial charge < -0.3 is 19.8 Å². The van der Waals surface area contributed by atoms with E-state index in [1.807, 2.05) is 0 Å². The van der Waals surface area contributed by atoms with Crippen LogP contribution in [-0.4, -0.2) is 11.9 Å². The van der Waals surface area contributed by atoms with Crippen molar-refractivity contribution in [2.24, 2.45) is 0 Å². The van der Waals surface area contributed by atoms with Crippen LogP contribution in [0, 0.1) is 0 Å². The van der Waals surface area contributed by atoms with Gasteiger partial charge in [-0.2, -0.15) is 0 Å². The van der Waals surface area contributed by atoms with E-state index in [9.17, 15) is 19.8 Å². The number of carboxylic acid groups (broad SMARTS) is 2. The average molecular weight is 300 g/mol. The Balaban J connectivity index is 0.00000196. The van der Waals surface area contributed by atoms with Crippen LogP contribution in [0.5, 0.6) is 0 Å². The van der Waals surface area contributed by atoms with Crippen molar-refractivity contribution in [2.75, 3.05) is 0 Å². The van der Waals surface area contributed by atoms with Crippen LogP contribution in [0.2, 0.25) is 0 Å². The Kier molecular flexibility index (Phi) is 5.93. The zero-order chi connectivity index (χ0) is 10.6. The Bertz CT molecular complexity index is 310. The minimum Gasteiger partial charge on any atom is -0.550 e. The molecule has 0 aliphatic carbocycles. The topological polar surface area (TPSA) is 80.3 Å². The van der Waals surface area contributed by atoms with Gasteiger partial charge in [0.2, 0.25) is 0 Å². The number of aliphatic carboxylic acids is 2. The first-order valence-corrected chi connectivity index (χ1v) is 4.05. The van der Waals surface area contributed by atoms with E-state index in [1.54, 1.807) is 24.3 Å². The molecule has 15 heavy (non-hydrogen) atoms. The second-order valence-corrected chi connectivity index (χ2v) is 2.91. The SMILES string of the molecule is O=C([O-])Cc1ccc(CC(=O)[O-])cc1.[Ag]. The molecule has 4 nitrogen and oxygen atoms in total. The molecule has 5 heteroatoms. The summed E-state index contributed by atoms with van der Waals surface area (Å²) >= 11 is 0. The molecule has 0 fully saturated rings. The molecule has 1 aromatic carbocycles. The molecule has 1 aromatic rings. The maximum Gasteiger partial charge on any atom is 0.0458 e. The molecule has 0 atom stereocenters. The summed E-state index contributed by atoms with van der Waals surface area (Å²) < 4.78 is 0. The quantitative estimate of drug-likeness (QED) is 0.619. The largest absolute Gasteiger partial charge is 0.550 e. The van der Waals surface area contributed by atoms with Gasteiger partial charge in [-0.3, -0.25) is 0 Å². The van der Waals surface area contributed by atoms with Crippen molar-refractivity contribution in [3.05, 3.63) is 35.4 Å². The molecule has 0 aliphatic heterocycles. The summed E-state index contributed by atoms with van der Waals surface area (Å²) in [5.74, 6) is -2.31. The fraction of sp³-hybridized carbons (Fsp3) is 0.200. The number of rotatable bonds is 4. The van der Waals surface area contributed by atoms with Crippen LogP contribution < -0.4 is 10.2 Å². The molecule has 85 valence electrons. The molecule has 0 aromatic heterocycles. The molecule has 0 aliphatic rings. The van der Waals surface area contributed by atoms with Gasteiger partial charge in [0.15, 0.2) is 0 Å². The van der Waals surface area contributed by atoms with Crippen LogP contribution in [0.4, 0.5) is 0 Å². The first kappa shape index (κ1) is 13.9. The predicted molar refractivity (Wildman–Crippen MR) is 43.9 cm³/mol. The first-order chi connectivity index (χ1) is 6.58. The van der Waals surface area contributed by atoms with Gasteiger partial charge in [-0.25, -0.2) is 0 Å². The molecule has 0 heterocycles. The molecule has 0 unspecified atom stereocenters. The third-order valence-corrected chi connectivity index (χ3v) is 1.72. The minimum atomic E-state index is -1.15. The summed E-state index contributed by atoms with van der Waals surface area (Å²) in [4.78, 5) is 20.4. The Hall–Kier alpha value is -1.10. The van der Waals surface area contributed by atoms with Gasteiger partial charge in [0.25, 0.3) is 0 Å². The maximum absolute atomic E-state index is 10.2. The Morgan fingerprint density at radius 1 is 0.867 bits per heavy atom. The van der Waals surface area contributed by atoms with Gasteiger partial charge in [0.05, 0.1) is 0 Å². The standard InChI is InChI=1S/C10H10O4.Ag/c11-9(12)5-7-1-2-8(4-3-7)6-10(13)14;/h1-4H,5-6H2,(H,11,12)(H,13,14);/p-2. The van der Waals surface area contributed by atoms with E-state index in [0.717, 1.165) is 0 Å². The Morgan fingerprint density at radius 2 is 1.13 bits per heavy atom. The van der Waals surface area contributed by atoms with E-state index in [0.29, 0.717) is 11.1 Å². The molecule has 1 rings (SSSR count). The smallest absolute Gasteiger partial charge is 0.0458 e. The van der Waals surface area contributed by atoms with Crippen molar-refractivity contribution in [1.82, 2.24) is 0 Å². The summed E-state index contributed by atoms with van der Waals surface area (Å²) in [6.45, 7) is 0. The minimum absolute atomic E-state index is 0. The van der Waals surface area contributed by atoms with E-state index >= 15 is 0 Å². The summed E-state index contributed by atoms with van der Waals surface area (Å²) in [6, 6.07) is 6.25. The van der Waals surface area contributed by atoms with Crippen LogP contribution in [0.3, 0.4) is 0 Å². The van der Waals surface area contributed by atoms with Gasteiger partial charge in [0, 0.05) is 47.2 Å². The third kappa shape index (κ3) is 5.37. The molecule has 0 bridgehead atoms. The summed E-state index contributed by atoms with van der Waals surface area (Å²) in [5, 5.41) is 20.4. The fourth-order valence-corrected chi connectivity index (χ4v) is 1.11. The van der Waals surface area contributed by atoms with Crippen LogP contribution in [0.15, 0.2) is 24.3 Å². The zero-order valence-corrected chi connectivity index (χ0v) is 9.14. The van der Waals surface area contributed by atoms with Gasteiger partial charge >= 0.3 is 0 Å². The van der Waals surface area contributed by atoms with Crippen molar-refractivity contribution >= 4 is 11.9 Å². The number of carboxylic acids is 2. The molecule has 1 radical (unpaired) electrons. The fourth-order valence-electron chi connectivity index (χ4n) is 1.11. The second kappa shape index (κ2) is 6.40. The number of carbonyl (C=O) groups is 2. The van der Waals surface area contributed by atoms with Crippen LogP contribution in [0.1, 0.15) is 11.1 Å². The van der Waals surface area contributed by atoms with E-state index in [2.05, 4.69) is 0 Å². The molecule has 0 spiro atoms. The predicted octanol–water partition coefficient (Wildman–Crippen LogP) is -1.73. The van der Waals surface area contributed by atoms with Crippen LogP contribution >= 0.6 is 0 Å². The van der Waals surface area contributed by atoms with E-state index in [1.165, 1.54) is 0 Å². The molecule has 0 amide bonds. The summed E-state index contributed by atoms with van der Waals surface area (Å²) in [6.07, 6.45) is -0.322. The van der Waals surface area contributed by atoms with E-state index in [-0.39, 0.29) is 35.2 Å². The number of hydrogen-bond acceptors (Lipinski definition) is 4. The zero-order valence-electron chi connectivity index (χ0n) is 7.66. The van der Waals surface area contributed by atoms with Crippen LogP contribution in [0.25, 0.3) is 0 Å². The Morgan fingerprint density at radius 3 is 1.33 bits per heavy atom. The second-order valence-electron chi connectivity index (χ2n) is 2.91. The van der Waals surface area contributed by atoms with Gasteiger partial charge in [0.1, 0.15) is 0 Å². The van der Waals surface area contributed by atoms with Crippen molar-refractivity contribution in [3.8, 4) is 0 Å². The monoisotopic (exact) mass is 299 g/mol.